The van der Waals surface area contributed by atoms with Gasteiger partial charge in [0.05, 0.1) is 27.3 Å². The van der Waals surface area contributed by atoms with Crippen LogP contribution < -0.4 is 4.48 Å². The molecule has 0 saturated heterocycles. The number of nitrogens with zero attached hydrogens (tertiary/aromatic N) is 3. The van der Waals surface area contributed by atoms with E-state index in [1.54, 1.807) is 0 Å². The van der Waals surface area contributed by atoms with Gasteiger partial charge in [-0.05, 0) is 6.92 Å². The molecular formula is C8H16N3+. The van der Waals surface area contributed by atoms with Gasteiger partial charge in [-0.15, -0.1) is 0 Å². The molecule has 0 atom stereocenters. The van der Waals surface area contributed by atoms with Gasteiger partial charge in [0, 0.05) is 6.54 Å². The molecule has 0 saturated carbocycles. The number of aromatic nitrogens is 2. The van der Waals surface area contributed by atoms with Crippen LogP contribution in [0.5, 0.6) is 0 Å². The smallest absolute Gasteiger partial charge is 0.170 e. The van der Waals surface area contributed by atoms with Crippen LogP contribution in [-0.4, -0.2) is 30.9 Å². The Balaban J connectivity index is 2.89. The average Bonchev–Trinajstić information content (AvgIpc) is 2.32. The summed E-state index contributed by atoms with van der Waals surface area (Å²) in [7, 11) is 6.41. The molecule has 0 unspecified atom stereocenters. The van der Waals surface area contributed by atoms with Gasteiger partial charge in [0.25, 0.3) is 0 Å². The quantitative estimate of drug-likeness (QED) is 0.583. The van der Waals surface area contributed by atoms with E-state index in [0.717, 1.165) is 11.0 Å². The van der Waals surface area contributed by atoms with Crippen molar-refractivity contribution in [1.82, 2.24) is 14.3 Å². The summed E-state index contributed by atoms with van der Waals surface area (Å²) in [5, 5.41) is 4.20. The van der Waals surface area contributed by atoms with E-state index < -0.39 is 0 Å². The van der Waals surface area contributed by atoms with Crippen LogP contribution in [0, 0.1) is 0 Å². The van der Waals surface area contributed by atoms with Gasteiger partial charge in [-0.25, -0.2) is 0 Å². The lowest BCUT2D eigenvalue weighted by Crippen LogP contribution is -2.34. The van der Waals surface area contributed by atoms with Gasteiger partial charge in [0.1, 0.15) is 6.20 Å². The summed E-state index contributed by atoms with van der Waals surface area (Å²) in [5.74, 6) is 0. The zero-order chi connectivity index (χ0) is 8.48. The summed E-state index contributed by atoms with van der Waals surface area (Å²) >= 11 is 0. The van der Waals surface area contributed by atoms with Crippen molar-refractivity contribution in [2.45, 2.75) is 13.5 Å². The molecule has 1 aromatic heterocycles. The molecule has 0 aliphatic carbocycles. The molecule has 1 aromatic rings. The van der Waals surface area contributed by atoms with Crippen molar-refractivity contribution in [2.24, 2.45) is 0 Å². The normalized spacial score (nSPS) is 12.0. The Hall–Kier alpha value is -0.830. The highest BCUT2D eigenvalue weighted by atomic mass is 15.3. The monoisotopic (exact) mass is 154 g/mol. The Morgan fingerprint density at radius 1 is 1.45 bits per heavy atom. The summed E-state index contributed by atoms with van der Waals surface area (Å²) in [4.78, 5) is 0. The second kappa shape index (κ2) is 2.66. The van der Waals surface area contributed by atoms with Crippen LogP contribution in [-0.2, 0) is 6.54 Å². The molecule has 0 bridgehead atoms. The fraction of sp³-hybridized carbons (Fsp3) is 0.625. The molecule has 11 heavy (non-hydrogen) atoms. The number of aryl methyl sites for hydroxylation is 1. The Morgan fingerprint density at radius 3 is 2.36 bits per heavy atom. The Labute approximate surface area is 67.8 Å². The largest absolute Gasteiger partial charge is 0.296 e. The second-order valence-corrected chi connectivity index (χ2v) is 3.57. The summed E-state index contributed by atoms with van der Waals surface area (Å²) < 4.78 is 2.78. The summed E-state index contributed by atoms with van der Waals surface area (Å²) in [6.07, 6.45) is 4.00. The van der Waals surface area contributed by atoms with E-state index in [-0.39, 0.29) is 0 Å². The highest BCUT2D eigenvalue weighted by molar-refractivity contribution is 5.35. The summed E-state index contributed by atoms with van der Waals surface area (Å²) in [6, 6.07) is 0. The molecule has 0 radical (unpaired) electrons. The number of rotatable bonds is 2. The molecule has 0 aliphatic rings. The molecule has 0 fully saturated rings. The third-order valence-corrected chi connectivity index (χ3v) is 1.72. The zero-order valence-electron chi connectivity index (χ0n) is 7.70. The van der Waals surface area contributed by atoms with E-state index in [9.17, 15) is 0 Å². The molecule has 1 rings (SSSR count). The fourth-order valence-corrected chi connectivity index (χ4v) is 0.872. The van der Waals surface area contributed by atoms with Gasteiger partial charge in [0.2, 0.25) is 0 Å². The first kappa shape index (κ1) is 8.27. The summed E-state index contributed by atoms with van der Waals surface area (Å²) in [5.41, 5.74) is 1.24. The lowest BCUT2D eigenvalue weighted by atomic mass is 10.4. The van der Waals surface area contributed by atoms with E-state index in [1.807, 2.05) is 10.9 Å². The van der Waals surface area contributed by atoms with Crippen molar-refractivity contribution in [2.75, 3.05) is 21.1 Å². The van der Waals surface area contributed by atoms with Crippen molar-refractivity contribution < 1.29 is 0 Å². The Morgan fingerprint density at radius 2 is 2.09 bits per heavy atom. The maximum Gasteiger partial charge on any atom is 0.170 e. The van der Waals surface area contributed by atoms with E-state index in [0.29, 0.717) is 0 Å². The fourth-order valence-electron chi connectivity index (χ4n) is 0.872. The van der Waals surface area contributed by atoms with Crippen LogP contribution in [0.2, 0.25) is 0 Å². The number of hydrogen-bond donors (Lipinski definition) is 0. The van der Waals surface area contributed by atoms with E-state index >= 15 is 0 Å². The van der Waals surface area contributed by atoms with Crippen LogP contribution in [0.4, 0.5) is 5.69 Å². The second-order valence-electron chi connectivity index (χ2n) is 3.57. The van der Waals surface area contributed by atoms with Crippen molar-refractivity contribution >= 4 is 5.69 Å². The highest BCUT2D eigenvalue weighted by Gasteiger charge is 2.13. The first-order chi connectivity index (χ1) is 5.04. The van der Waals surface area contributed by atoms with E-state index in [2.05, 4.69) is 39.4 Å². The highest BCUT2D eigenvalue weighted by Crippen LogP contribution is 2.13. The van der Waals surface area contributed by atoms with Gasteiger partial charge >= 0.3 is 0 Å². The average molecular weight is 154 g/mol. The first-order valence-corrected chi connectivity index (χ1v) is 3.88. The van der Waals surface area contributed by atoms with Crippen molar-refractivity contribution in [3.63, 3.8) is 0 Å². The van der Waals surface area contributed by atoms with Crippen LogP contribution in [0.15, 0.2) is 12.4 Å². The third-order valence-electron chi connectivity index (χ3n) is 1.72. The third kappa shape index (κ3) is 1.80. The Kier molecular flexibility index (Phi) is 2.00. The molecule has 0 spiro atoms. The minimum absolute atomic E-state index is 0.833. The minimum atomic E-state index is 0.833. The van der Waals surface area contributed by atoms with E-state index in [1.165, 1.54) is 5.69 Å². The van der Waals surface area contributed by atoms with Crippen LogP contribution in [0.25, 0.3) is 0 Å². The lowest BCUT2D eigenvalue weighted by molar-refractivity contribution is 0.485. The topological polar surface area (TPSA) is 17.8 Å². The predicted octanol–water partition coefficient (Wildman–Crippen LogP) is 1.10. The molecule has 0 aliphatic heterocycles. The molecule has 0 aromatic carbocycles. The summed E-state index contributed by atoms with van der Waals surface area (Å²) in [6.45, 7) is 3.03. The number of hydrogen-bond acceptors (Lipinski definition) is 1. The van der Waals surface area contributed by atoms with Crippen LogP contribution >= 0.6 is 0 Å². The molecule has 3 nitrogen and oxygen atoms in total. The molecular weight excluding hydrogens is 138 g/mol. The van der Waals surface area contributed by atoms with Crippen LogP contribution in [0.1, 0.15) is 6.92 Å². The predicted molar refractivity (Wildman–Crippen MR) is 47.5 cm³/mol. The van der Waals surface area contributed by atoms with Gasteiger partial charge < -0.3 is 0 Å². The van der Waals surface area contributed by atoms with E-state index in [4.69, 9.17) is 0 Å². The Bertz CT molecular complexity index is 232. The molecule has 62 valence electrons. The first-order valence-electron chi connectivity index (χ1n) is 3.88. The van der Waals surface area contributed by atoms with Crippen LogP contribution in [0.3, 0.4) is 0 Å². The molecule has 1 heterocycles. The SMILES string of the molecule is CCn1cc([N+](C)(C)C)cn1. The van der Waals surface area contributed by atoms with Crippen molar-refractivity contribution in [3.8, 4) is 0 Å². The zero-order valence-corrected chi connectivity index (χ0v) is 7.70. The number of quaternary nitrogens is 1. The molecule has 0 N–H and O–H groups in total. The maximum absolute atomic E-state index is 4.20. The standard InChI is InChI=1S/C8H16N3/c1-5-10-7-8(6-9-10)11(2,3)4/h6-7H,5H2,1-4H3/q+1. The van der Waals surface area contributed by atoms with Crippen molar-refractivity contribution in [1.29, 1.82) is 0 Å². The van der Waals surface area contributed by atoms with Gasteiger partial charge in [-0.1, -0.05) is 0 Å². The van der Waals surface area contributed by atoms with Gasteiger partial charge in [0.15, 0.2) is 5.69 Å². The lowest BCUT2D eigenvalue weighted by Gasteiger charge is -2.20. The maximum atomic E-state index is 4.20. The molecule has 0 amide bonds. The van der Waals surface area contributed by atoms with Gasteiger partial charge in [-0.3, -0.25) is 9.16 Å². The van der Waals surface area contributed by atoms with Crippen molar-refractivity contribution in [3.05, 3.63) is 12.4 Å². The minimum Gasteiger partial charge on any atom is -0.296 e. The molecule has 3 heteroatoms. The van der Waals surface area contributed by atoms with Gasteiger partial charge in [-0.2, -0.15) is 5.10 Å².